The maximum absolute atomic E-state index is 7.93. The molecule has 0 amide bonds. The second kappa shape index (κ2) is 4.01. The first-order chi connectivity index (χ1) is 9.17. The zero-order valence-electron chi connectivity index (χ0n) is 11.9. The maximum Gasteiger partial charge on any atom is 0.0542 e. The fourth-order valence-corrected chi connectivity index (χ4v) is 5.56. The van der Waals surface area contributed by atoms with E-state index in [2.05, 4.69) is 19.1 Å². The molecule has 1 radical (unpaired) electrons. The maximum atomic E-state index is 7.93. The zero-order chi connectivity index (χ0) is 13.0. The Morgan fingerprint density at radius 2 is 2.05 bits per heavy atom. The molecule has 1 aromatic carbocycles. The normalized spacial score (nSPS) is 40.4. The van der Waals surface area contributed by atoms with Gasteiger partial charge in [-0.1, -0.05) is 19.4 Å². The molecule has 2 fully saturated rings. The fourth-order valence-electron chi connectivity index (χ4n) is 5.56. The molecule has 4 rings (SSSR count). The molecule has 1 N–H and O–H groups in total. The van der Waals surface area contributed by atoms with E-state index in [1.165, 1.54) is 50.5 Å². The highest BCUT2D eigenvalue weighted by Crippen LogP contribution is 2.60. The van der Waals surface area contributed by atoms with E-state index in [0.717, 1.165) is 17.8 Å². The summed E-state index contributed by atoms with van der Waals surface area (Å²) in [7, 11) is 0. The fraction of sp³-hybridized carbons (Fsp3) is 0.667. The van der Waals surface area contributed by atoms with Crippen LogP contribution in [-0.2, 0) is 6.42 Å². The molecule has 0 saturated heterocycles. The second-order valence-electron chi connectivity index (χ2n) is 7.41. The molecule has 0 spiro atoms. The summed E-state index contributed by atoms with van der Waals surface area (Å²) in [5.41, 5.74) is 12.4. The van der Waals surface area contributed by atoms with E-state index in [1.807, 2.05) is 6.07 Å². The lowest BCUT2D eigenvalue weighted by atomic mass is 9.56. The first kappa shape index (κ1) is 11.8. The van der Waals surface area contributed by atoms with Crippen molar-refractivity contribution < 1.29 is 0 Å². The van der Waals surface area contributed by atoms with Crippen LogP contribution < -0.4 is 5.73 Å². The van der Waals surface area contributed by atoms with Crippen molar-refractivity contribution in [3.63, 3.8) is 0 Å². The van der Waals surface area contributed by atoms with Gasteiger partial charge in [-0.3, -0.25) is 0 Å². The van der Waals surface area contributed by atoms with Gasteiger partial charge >= 0.3 is 0 Å². The summed E-state index contributed by atoms with van der Waals surface area (Å²) in [4.78, 5) is 0. The van der Waals surface area contributed by atoms with E-state index in [4.69, 9.17) is 5.73 Å². The van der Waals surface area contributed by atoms with Crippen molar-refractivity contribution in [3.05, 3.63) is 29.3 Å². The van der Waals surface area contributed by atoms with Crippen LogP contribution in [0.25, 0.3) is 0 Å². The van der Waals surface area contributed by atoms with Gasteiger partial charge in [-0.15, -0.1) is 0 Å². The largest absolute Gasteiger partial charge is 0.301 e. The molecule has 3 unspecified atom stereocenters. The van der Waals surface area contributed by atoms with Crippen molar-refractivity contribution in [2.75, 3.05) is 0 Å². The number of rotatable bonds is 0. The van der Waals surface area contributed by atoms with Crippen molar-refractivity contribution in [1.82, 2.24) is 5.73 Å². The molecule has 0 aliphatic heterocycles. The van der Waals surface area contributed by atoms with E-state index in [0.29, 0.717) is 11.1 Å². The summed E-state index contributed by atoms with van der Waals surface area (Å²) in [5.74, 6) is 2.65. The molecule has 101 valence electrons. The summed E-state index contributed by atoms with van der Waals surface area (Å²) in [6.07, 6.45) is 9.82. The predicted octanol–water partition coefficient (Wildman–Crippen LogP) is 4.85. The van der Waals surface area contributed by atoms with Gasteiger partial charge < -0.3 is 5.73 Å². The minimum Gasteiger partial charge on any atom is -0.301 e. The Morgan fingerprint density at radius 3 is 2.95 bits per heavy atom. The van der Waals surface area contributed by atoms with Gasteiger partial charge in [0.2, 0.25) is 0 Å². The van der Waals surface area contributed by atoms with E-state index in [1.54, 1.807) is 5.56 Å². The minimum absolute atomic E-state index is 0.650. The number of benzene rings is 1. The number of nitrogens with one attached hydrogen (secondary N) is 1. The van der Waals surface area contributed by atoms with E-state index in [9.17, 15) is 0 Å². The van der Waals surface area contributed by atoms with Crippen LogP contribution in [0, 0.1) is 17.3 Å². The molecule has 1 nitrogen and oxygen atoms in total. The van der Waals surface area contributed by atoms with Crippen LogP contribution in [-0.4, -0.2) is 0 Å². The van der Waals surface area contributed by atoms with Gasteiger partial charge in [0.15, 0.2) is 0 Å². The van der Waals surface area contributed by atoms with Gasteiger partial charge in [0, 0.05) is 0 Å². The summed E-state index contributed by atoms with van der Waals surface area (Å²) < 4.78 is 0. The average molecular weight is 254 g/mol. The van der Waals surface area contributed by atoms with Crippen LogP contribution in [0.4, 0.5) is 5.69 Å². The Kier molecular flexibility index (Phi) is 2.49. The molecule has 19 heavy (non-hydrogen) atoms. The number of hydrogen-bond donors (Lipinski definition) is 0. The molecule has 0 bridgehead atoms. The predicted molar refractivity (Wildman–Crippen MR) is 78.4 cm³/mol. The number of aryl methyl sites for hydroxylation is 1. The topological polar surface area (TPSA) is 23.8 Å². The lowest BCUT2D eigenvalue weighted by Crippen LogP contribution is -2.39. The first-order valence-electron chi connectivity index (χ1n) is 8.02. The van der Waals surface area contributed by atoms with Crippen LogP contribution >= 0.6 is 0 Å². The Hall–Kier alpha value is -0.980. The Bertz CT molecular complexity index is 506. The standard InChI is InChI=1S/C18H24N/c1-18-9-2-3-17(18)15-7-5-12-4-6-13(19)11-16(12)14(15)8-10-18/h4,6,11,14-15,17,19H,2-3,5,7-10H2,1H3/t14?,15?,17?,18-/m0/s1. The molecular formula is C18H24N. The highest BCUT2D eigenvalue weighted by molar-refractivity contribution is 5.45. The lowest BCUT2D eigenvalue weighted by molar-refractivity contribution is 0.0599. The molecule has 0 aromatic heterocycles. The summed E-state index contributed by atoms with van der Waals surface area (Å²) in [5, 5.41) is 0. The van der Waals surface area contributed by atoms with Gasteiger partial charge in [-0.05, 0) is 85.0 Å². The van der Waals surface area contributed by atoms with Crippen molar-refractivity contribution in [3.8, 4) is 0 Å². The van der Waals surface area contributed by atoms with Gasteiger partial charge in [0.05, 0.1) is 5.69 Å². The van der Waals surface area contributed by atoms with Crippen molar-refractivity contribution >= 4 is 5.69 Å². The first-order valence-corrected chi connectivity index (χ1v) is 8.02. The molecule has 4 atom stereocenters. The van der Waals surface area contributed by atoms with E-state index >= 15 is 0 Å². The smallest absolute Gasteiger partial charge is 0.0542 e. The molecular weight excluding hydrogens is 230 g/mol. The van der Waals surface area contributed by atoms with Gasteiger partial charge in [-0.2, -0.15) is 0 Å². The third kappa shape index (κ3) is 1.67. The zero-order valence-corrected chi connectivity index (χ0v) is 11.9. The quantitative estimate of drug-likeness (QED) is 0.632. The van der Waals surface area contributed by atoms with E-state index in [-0.39, 0.29) is 0 Å². The third-order valence-electron chi connectivity index (χ3n) is 6.51. The monoisotopic (exact) mass is 254 g/mol. The van der Waals surface area contributed by atoms with Crippen LogP contribution in [0.1, 0.15) is 62.5 Å². The summed E-state index contributed by atoms with van der Waals surface area (Å²) in [6.45, 7) is 2.55. The molecule has 1 heteroatoms. The van der Waals surface area contributed by atoms with Gasteiger partial charge in [-0.25, -0.2) is 0 Å². The van der Waals surface area contributed by atoms with Gasteiger partial charge in [0.25, 0.3) is 0 Å². The van der Waals surface area contributed by atoms with Crippen LogP contribution in [0.3, 0.4) is 0 Å². The SMILES string of the molecule is C[C@@]12CCCC1C1CCc3ccc([NH])cc3C1CC2. The van der Waals surface area contributed by atoms with E-state index < -0.39 is 0 Å². The number of hydrogen-bond acceptors (Lipinski definition) is 0. The number of fused-ring (bicyclic) bond motifs is 5. The summed E-state index contributed by atoms with van der Waals surface area (Å²) >= 11 is 0. The lowest BCUT2D eigenvalue weighted by Gasteiger charge is -2.49. The third-order valence-corrected chi connectivity index (χ3v) is 6.51. The van der Waals surface area contributed by atoms with Crippen LogP contribution in [0.15, 0.2) is 18.2 Å². The Labute approximate surface area is 116 Å². The van der Waals surface area contributed by atoms with Gasteiger partial charge in [0.1, 0.15) is 0 Å². The Morgan fingerprint density at radius 1 is 1.16 bits per heavy atom. The van der Waals surface area contributed by atoms with Crippen molar-refractivity contribution in [2.24, 2.45) is 17.3 Å². The molecule has 3 aliphatic rings. The highest BCUT2D eigenvalue weighted by atomic mass is 14.6. The second-order valence-corrected chi connectivity index (χ2v) is 7.41. The summed E-state index contributed by atoms with van der Waals surface area (Å²) in [6, 6.07) is 6.36. The Balaban J connectivity index is 1.73. The highest BCUT2D eigenvalue weighted by Gasteiger charge is 2.50. The van der Waals surface area contributed by atoms with Crippen molar-refractivity contribution in [2.45, 2.75) is 57.8 Å². The average Bonchev–Trinajstić information content (AvgIpc) is 2.80. The minimum atomic E-state index is 0.650. The van der Waals surface area contributed by atoms with Crippen molar-refractivity contribution in [1.29, 1.82) is 0 Å². The molecule has 0 heterocycles. The molecule has 1 aromatic rings. The molecule has 2 saturated carbocycles. The van der Waals surface area contributed by atoms with Crippen LogP contribution in [0.2, 0.25) is 0 Å². The molecule has 3 aliphatic carbocycles. The van der Waals surface area contributed by atoms with Crippen LogP contribution in [0.5, 0.6) is 0 Å².